The van der Waals surface area contributed by atoms with E-state index in [-0.39, 0.29) is 12.3 Å². The first-order valence-electron chi connectivity index (χ1n) is 8.13. The Bertz CT molecular complexity index is 1080. The summed E-state index contributed by atoms with van der Waals surface area (Å²) in [6, 6.07) is 0.251. The van der Waals surface area contributed by atoms with Crippen LogP contribution in [0.25, 0.3) is 5.82 Å². The number of hydrogen-bond donors (Lipinski definition) is 0. The molecule has 6 nitrogen and oxygen atoms in total. The first-order chi connectivity index (χ1) is 14.3. The second-order valence-corrected chi connectivity index (χ2v) is 8.38. The fraction of sp³-hybridized carbons (Fsp3) is 0.467. The highest BCUT2D eigenvalue weighted by atomic mass is 32.2. The molecule has 2 aromatic heterocycles. The highest BCUT2D eigenvalue weighted by Gasteiger charge is 2.73. The molecule has 17 heteroatoms. The molecule has 32 heavy (non-hydrogen) atoms. The summed E-state index contributed by atoms with van der Waals surface area (Å²) in [6.45, 7) is -1.33. The lowest BCUT2D eigenvalue weighted by molar-refractivity contribution is -0.358. The van der Waals surface area contributed by atoms with Gasteiger partial charge in [-0.25, -0.2) is 18.1 Å². The van der Waals surface area contributed by atoms with E-state index in [1.54, 1.807) is 0 Å². The van der Waals surface area contributed by atoms with Gasteiger partial charge in [-0.05, 0) is 6.07 Å². The van der Waals surface area contributed by atoms with Crippen molar-refractivity contribution in [3.63, 3.8) is 0 Å². The summed E-state index contributed by atoms with van der Waals surface area (Å²) in [4.78, 5) is 2.41. The average Bonchev–Trinajstić information content (AvgIpc) is 3.13. The maximum absolute atomic E-state index is 13.3. The molecule has 0 aromatic carbocycles. The number of nitrogens with zero attached hydrogens (tertiary/aromatic N) is 3. The van der Waals surface area contributed by atoms with Crippen LogP contribution >= 0.6 is 0 Å². The fourth-order valence-electron chi connectivity index (χ4n) is 2.12. The molecule has 0 atom stereocenters. The molecule has 0 saturated heterocycles. The van der Waals surface area contributed by atoms with Crippen LogP contribution < -0.4 is 4.74 Å². The van der Waals surface area contributed by atoms with Gasteiger partial charge in [-0.15, -0.1) is 0 Å². The van der Waals surface area contributed by atoms with Gasteiger partial charge in [-0.3, -0.25) is 0 Å². The second kappa shape index (κ2) is 8.08. The predicted octanol–water partition coefficient (Wildman–Crippen LogP) is 4.29. The Labute approximate surface area is 172 Å². The summed E-state index contributed by atoms with van der Waals surface area (Å²) >= 11 is 0. The Kier molecular flexibility index (Phi) is 6.48. The second-order valence-electron chi connectivity index (χ2n) is 6.13. The number of sulfone groups is 1. The highest BCUT2D eigenvalue weighted by Crippen LogP contribution is 2.46. The number of pyridine rings is 1. The van der Waals surface area contributed by atoms with Gasteiger partial charge in [0.25, 0.3) is 0 Å². The van der Waals surface area contributed by atoms with Crippen molar-refractivity contribution in [3.05, 3.63) is 30.2 Å². The van der Waals surface area contributed by atoms with E-state index in [2.05, 4.69) is 14.8 Å². The number of halogens is 10. The molecule has 0 bridgehead atoms. The van der Waals surface area contributed by atoms with Gasteiger partial charge in [0.05, 0.1) is 23.7 Å². The van der Waals surface area contributed by atoms with Crippen molar-refractivity contribution in [2.75, 3.05) is 12.4 Å². The van der Waals surface area contributed by atoms with E-state index in [9.17, 15) is 52.3 Å². The lowest BCUT2D eigenvalue weighted by atomic mass is 10.2. The van der Waals surface area contributed by atoms with Crippen molar-refractivity contribution >= 4 is 9.84 Å². The van der Waals surface area contributed by atoms with Crippen LogP contribution in [-0.2, 0) is 16.0 Å². The molecule has 2 rings (SSSR count). The Hall–Kier alpha value is -2.59. The summed E-state index contributed by atoms with van der Waals surface area (Å²) in [5.74, 6) is -14.3. The number of hydrogen-bond acceptors (Lipinski definition) is 5. The number of rotatable bonds is 7. The smallest absolute Gasteiger partial charge is 0.460 e. The molecule has 0 spiro atoms. The molecule has 2 aromatic rings. The molecule has 180 valence electrons. The van der Waals surface area contributed by atoms with E-state index in [1.165, 1.54) is 0 Å². The Morgan fingerprint density at radius 1 is 1.00 bits per heavy atom. The van der Waals surface area contributed by atoms with Gasteiger partial charge < -0.3 is 4.74 Å². The molecule has 0 fully saturated rings. The largest absolute Gasteiger partial charge is 0.484 e. The monoisotopic (exact) mass is 503 g/mol. The summed E-state index contributed by atoms with van der Waals surface area (Å²) in [5, 5.41) is 3.43. The molecular formula is C15H11F10N3O3S. The van der Waals surface area contributed by atoms with E-state index >= 15 is 0 Å². The molecule has 0 N–H and O–H groups in total. The van der Waals surface area contributed by atoms with Crippen LogP contribution in [0, 0.1) is 0 Å². The Morgan fingerprint density at radius 2 is 1.59 bits per heavy atom. The quantitative estimate of drug-likeness (QED) is 0.528. The maximum Gasteiger partial charge on any atom is 0.460 e. The summed E-state index contributed by atoms with van der Waals surface area (Å²) < 4.78 is 157. The van der Waals surface area contributed by atoms with Gasteiger partial charge in [-0.2, -0.15) is 49.0 Å². The minimum atomic E-state index is -6.57. The molecule has 0 amide bonds. The van der Waals surface area contributed by atoms with E-state index < -0.39 is 68.4 Å². The van der Waals surface area contributed by atoms with Crippen molar-refractivity contribution in [3.8, 4) is 11.6 Å². The predicted molar refractivity (Wildman–Crippen MR) is 85.5 cm³/mol. The van der Waals surface area contributed by atoms with Gasteiger partial charge in [0.2, 0.25) is 0 Å². The van der Waals surface area contributed by atoms with E-state index in [0.717, 1.165) is 6.92 Å². The zero-order valence-corrected chi connectivity index (χ0v) is 16.3. The molecule has 2 heterocycles. The van der Waals surface area contributed by atoms with Gasteiger partial charge >= 0.3 is 24.2 Å². The van der Waals surface area contributed by atoms with E-state index in [1.807, 2.05) is 0 Å². The summed E-state index contributed by atoms with van der Waals surface area (Å²) in [7, 11) is -4.33. The van der Waals surface area contributed by atoms with Crippen molar-refractivity contribution in [2.24, 2.45) is 0 Å². The maximum atomic E-state index is 13.3. The third kappa shape index (κ3) is 4.91. The lowest BCUT2D eigenvalue weighted by Crippen LogP contribution is -2.54. The van der Waals surface area contributed by atoms with Crippen LogP contribution in [0.2, 0.25) is 0 Å². The first-order valence-corrected chi connectivity index (χ1v) is 9.79. The third-order valence-electron chi connectivity index (χ3n) is 3.89. The zero-order valence-electron chi connectivity index (χ0n) is 15.5. The van der Waals surface area contributed by atoms with Crippen molar-refractivity contribution in [2.45, 2.75) is 36.0 Å². The molecule has 0 saturated carbocycles. The lowest BCUT2D eigenvalue weighted by Gasteiger charge is -2.27. The van der Waals surface area contributed by atoms with Crippen molar-refractivity contribution < 1.29 is 57.1 Å². The summed E-state index contributed by atoms with van der Waals surface area (Å²) in [5.41, 5.74) is -1.43. The number of aromatic nitrogens is 3. The van der Waals surface area contributed by atoms with Crippen LogP contribution in [0.4, 0.5) is 43.9 Å². The molecule has 0 aliphatic heterocycles. The highest BCUT2D eigenvalue weighted by molar-refractivity contribution is 7.91. The van der Waals surface area contributed by atoms with Crippen molar-refractivity contribution in [1.29, 1.82) is 0 Å². The van der Waals surface area contributed by atoms with Crippen LogP contribution in [-0.4, -0.2) is 53.6 Å². The minimum Gasteiger partial charge on any atom is -0.484 e. The molecular weight excluding hydrogens is 492 g/mol. The molecule has 0 radical (unpaired) electrons. The first kappa shape index (κ1) is 25.7. The third-order valence-corrected chi connectivity index (χ3v) is 5.62. The normalized spacial score (nSPS) is 14.0. The SMILES string of the molecule is CCS(=O)(=O)c1cc(C(F)(F)F)cnc1-n1cc(OCC(F)(F)C(F)(F)C(F)(F)F)cn1. The molecule has 0 aliphatic carbocycles. The minimum absolute atomic E-state index is 0.251. The number of alkyl halides is 10. The zero-order chi connectivity index (χ0) is 24.8. The van der Waals surface area contributed by atoms with Crippen LogP contribution in [0.5, 0.6) is 5.75 Å². The standard InChI is InChI=1S/C15H11F10N3O3S/c1-2-32(29,30)10-3-8(13(18,19)20)4-26-11(10)28-6-9(5-27-28)31-7-12(16,17)14(21,22)15(23,24)25/h3-6H,2,7H2,1H3. The van der Waals surface area contributed by atoms with Gasteiger partial charge in [0, 0.05) is 6.20 Å². The van der Waals surface area contributed by atoms with Gasteiger partial charge in [0.1, 0.15) is 4.90 Å². The van der Waals surface area contributed by atoms with E-state index in [0.29, 0.717) is 17.1 Å². The molecule has 0 aliphatic rings. The molecule has 0 unspecified atom stereocenters. The van der Waals surface area contributed by atoms with Gasteiger partial charge in [0.15, 0.2) is 28.0 Å². The van der Waals surface area contributed by atoms with Gasteiger partial charge in [-0.1, -0.05) is 6.92 Å². The van der Waals surface area contributed by atoms with Crippen LogP contribution in [0.15, 0.2) is 29.6 Å². The number of ether oxygens (including phenoxy) is 1. The average molecular weight is 503 g/mol. The fourth-order valence-corrected chi connectivity index (χ4v) is 3.16. The topological polar surface area (TPSA) is 74.1 Å². The van der Waals surface area contributed by atoms with Crippen molar-refractivity contribution in [1.82, 2.24) is 14.8 Å². The van der Waals surface area contributed by atoms with E-state index in [4.69, 9.17) is 0 Å². The summed E-state index contributed by atoms with van der Waals surface area (Å²) in [6.07, 6.45) is -10.2. The van der Waals surface area contributed by atoms with Crippen LogP contribution in [0.1, 0.15) is 12.5 Å². The Morgan fingerprint density at radius 3 is 2.09 bits per heavy atom. The van der Waals surface area contributed by atoms with Crippen LogP contribution in [0.3, 0.4) is 0 Å². The Balaban J connectivity index is 2.39.